The van der Waals surface area contributed by atoms with Crippen molar-refractivity contribution in [2.75, 3.05) is 12.4 Å². The van der Waals surface area contributed by atoms with Crippen molar-refractivity contribution in [3.8, 4) is 0 Å². The summed E-state index contributed by atoms with van der Waals surface area (Å²) in [6, 6.07) is 7.49. The molecule has 0 bridgehead atoms. The maximum atomic E-state index is 10.8. The number of aliphatic hydroxyl groups is 1. The van der Waals surface area contributed by atoms with Crippen molar-refractivity contribution in [3.63, 3.8) is 0 Å². The highest BCUT2D eigenvalue weighted by molar-refractivity contribution is 7.99. The zero-order valence-electron chi connectivity index (χ0n) is 20.9. The van der Waals surface area contributed by atoms with Crippen molar-refractivity contribution in [1.82, 2.24) is 0 Å². The average molecular weight is 527 g/mol. The lowest BCUT2D eigenvalue weighted by Gasteiger charge is -2.33. The average Bonchev–Trinajstić information content (AvgIpc) is 3.10. The van der Waals surface area contributed by atoms with Gasteiger partial charge < -0.3 is 14.6 Å². The Hall–Kier alpha value is -2.15. The first-order valence-electron chi connectivity index (χ1n) is 12.3. The molecule has 1 N–H and O–H groups in total. The summed E-state index contributed by atoms with van der Waals surface area (Å²) in [6.45, 7) is 8.81. The van der Waals surface area contributed by atoms with E-state index in [1.807, 2.05) is 68.5 Å². The van der Waals surface area contributed by atoms with E-state index in [0.717, 1.165) is 33.7 Å². The number of rotatable bonds is 11. The highest BCUT2D eigenvalue weighted by atomic mass is 35.5. The molecule has 1 aliphatic carbocycles. The second-order valence-corrected chi connectivity index (χ2v) is 10.5. The highest BCUT2D eigenvalue weighted by Gasteiger charge is 2.29. The van der Waals surface area contributed by atoms with Crippen LogP contribution in [0.4, 0.5) is 0 Å². The number of benzene rings is 1. The monoisotopic (exact) mass is 526 g/mol. The minimum absolute atomic E-state index is 0.00954. The number of allylic oxidation sites excluding steroid dienone is 8. The van der Waals surface area contributed by atoms with Gasteiger partial charge in [-0.25, -0.2) is 0 Å². The van der Waals surface area contributed by atoms with Gasteiger partial charge in [0.05, 0.1) is 24.4 Å². The Morgan fingerprint density at radius 3 is 2.75 bits per heavy atom. The number of hydrogen-bond acceptors (Lipinski definition) is 5. The zero-order chi connectivity index (χ0) is 25.9. The molecule has 2 aliphatic rings. The molecule has 36 heavy (non-hydrogen) atoms. The highest BCUT2D eigenvalue weighted by Crippen LogP contribution is 2.30. The summed E-state index contributed by atoms with van der Waals surface area (Å²) in [5.74, 6) is 0.732. The molecule has 4 atom stereocenters. The molecule has 1 aromatic carbocycles. The number of hydrogen-bond donors (Lipinski definition) is 1. The van der Waals surface area contributed by atoms with Gasteiger partial charge in [0.2, 0.25) is 0 Å². The molecule has 6 heteroatoms. The first-order chi connectivity index (χ1) is 17.4. The first kappa shape index (κ1) is 28.4. The molecule has 0 radical (unpaired) electrons. The zero-order valence-corrected chi connectivity index (χ0v) is 22.5. The summed E-state index contributed by atoms with van der Waals surface area (Å²) in [5, 5.41) is 11.0. The van der Waals surface area contributed by atoms with Crippen molar-refractivity contribution in [2.45, 2.75) is 62.4 Å². The Balaban J connectivity index is 1.54. The third-order valence-electron chi connectivity index (χ3n) is 6.06. The summed E-state index contributed by atoms with van der Waals surface area (Å²) in [4.78, 5) is 11.9. The predicted octanol–water partition coefficient (Wildman–Crippen LogP) is 6.97. The van der Waals surface area contributed by atoms with E-state index in [9.17, 15) is 9.90 Å². The van der Waals surface area contributed by atoms with E-state index >= 15 is 0 Å². The van der Waals surface area contributed by atoms with Gasteiger partial charge >= 0.3 is 0 Å². The van der Waals surface area contributed by atoms with Crippen LogP contribution in [-0.2, 0) is 9.47 Å². The van der Waals surface area contributed by atoms with Gasteiger partial charge in [-0.05, 0) is 55.2 Å². The normalized spacial score (nSPS) is 24.8. The third kappa shape index (κ3) is 9.06. The lowest BCUT2D eigenvalue weighted by Crippen LogP contribution is -2.37. The van der Waals surface area contributed by atoms with Gasteiger partial charge in [-0.15, -0.1) is 11.8 Å². The van der Waals surface area contributed by atoms with E-state index in [2.05, 4.69) is 18.7 Å². The molecule has 0 spiro atoms. The summed E-state index contributed by atoms with van der Waals surface area (Å²) in [7, 11) is 0. The summed E-state index contributed by atoms with van der Waals surface area (Å²) < 4.78 is 11.9. The molecule has 1 aromatic rings. The van der Waals surface area contributed by atoms with Gasteiger partial charge in [0.1, 0.15) is 6.29 Å². The molecule has 0 amide bonds. The largest absolute Gasteiger partial charge is 0.393 e. The van der Waals surface area contributed by atoms with Crippen LogP contribution in [0.15, 0.2) is 100 Å². The molecular weight excluding hydrogens is 492 g/mol. The van der Waals surface area contributed by atoms with Gasteiger partial charge in [-0.1, -0.05) is 66.8 Å². The fourth-order valence-corrected chi connectivity index (χ4v) is 5.08. The molecular formula is C30H35ClO4S. The Morgan fingerprint density at radius 1 is 1.25 bits per heavy atom. The number of carbonyl (C=O) groups is 1. The fourth-order valence-electron chi connectivity index (χ4n) is 4.03. The van der Waals surface area contributed by atoms with Crippen molar-refractivity contribution in [3.05, 3.63) is 101 Å². The van der Waals surface area contributed by atoms with Crippen LogP contribution in [-0.4, -0.2) is 48.2 Å². The lowest BCUT2D eigenvalue weighted by atomic mass is 9.97. The lowest BCUT2D eigenvalue weighted by molar-refractivity contribution is -0.0697. The summed E-state index contributed by atoms with van der Waals surface area (Å²) in [5.41, 5.74) is 3.62. The van der Waals surface area contributed by atoms with E-state index in [1.165, 1.54) is 0 Å². The van der Waals surface area contributed by atoms with Crippen LogP contribution in [0.1, 0.15) is 43.5 Å². The van der Waals surface area contributed by atoms with Crippen LogP contribution in [0.5, 0.6) is 0 Å². The number of aldehydes is 1. The second-order valence-electron chi connectivity index (χ2n) is 8.98. The Labute approximate surface area is 224 Å². The number of halogens is 1. The molecule has 4 unspecified atom stereocenters. The minimum Gasteiger partial charge on any atom is -0.393 e. The van der Waals surface area contributed by atoms with Crippen LogP contribution in [0.2, 0.25) is 0 Å². The molecule has 1 saturated heterocycles. The molecule has 1 aliphatic heterocycles. The number of thioether (sulfide) groups is 1. The van der Waals surface area contributed by atoms with Gasteiger partial charge in [-0.2, -0.15) is 0 Å². The predicted molar refractivity (Wildman–Crippen MR) is 150 cm³/mol. The smallest absolute Gasteiger partial charge is 0.150 e. The number of ether oxygens (including phenoxy) is 2. The molecule has 1 heterocycles. The van der Waals surface area contributed by atoms with Crippen LogP contribution < -0.4 is 0 Å². The standard InChI is InChI=1S/C30H35ClO4S/c1-4-34-26-7-5-6-23(9-12-26)16-22(3)29(31)15-8-21(2)30-18-25(33)17-27(35-30)20-36-28-13-10-24(19-32)11-14-28/h5-15,19,25-27,30,33H,3-4,16-18,20H2,1-2H3/b21-8+,29-15+. The Kier molecular flexibility index (Phi) is 11.5. The number of carbonyl (C=O) groups excluding carboxylic acids is 1. The maximum Gasteiger partial charge on any atom is 0.150 e. The van der Waals surface area contributed by atoms with Crippen LogP contribution in [0, 0.1) is 0 Å². The SMILES string of the molecule is C=C(CC1=CC=CC(OCC)C=C1)/C(Cl)=C\C=C(/C)C1CC(O)CC(CSc2ccc(C=O)cc2)O1. The van der Waals surface area contributed by atoms with Gasteiger partial charge in [0, 0.05) is 40.7 Å². The van der Waals surface area contributed by atoms with Crippen molar-refractivity contribution >= 4 is 29.6 Å². The molecule has 4 nitrogen and oxygen atoms in total. The van der Waals surface area contributed by atoms with Crippen LogP contribution in [0.25, 0.3) is 0 Å². The molecule has 0 aromatic heterocycles. The number of aliphatic hydroxyl groups excluding tert-OH is 1. The van der Waals surface area contributed by atoms with Crippen molar-refractivity contribution in [1.29, 1.82) is 0 Å². The van der Waals surface area contributed by atoms with Crippen LogP contribution in [0.3, 0.4) is 0 Å². The topological polar surface area (TPSA) is 55.8 Å². The van der Waals surface area contributed by atoms with Crippen molar-refractivity contribution < 1.29 is 19.4 Å². The Morgan fingerprint density at radius 2 is 2.03 bits per heavy atom. The van der Waals surface area contributed by atoms with E-state index in [4.69, 9.17) is 21.1 Å². The first-order valence-corrected chi connectivity index (χ1v) is 13.6. The van der Waals surface area contributed by atoms with Gasteiger partial charge in [0.15, 0.2) is 0 Å². The third-order valence-corrected chi connectivity index (χ3v) is 7.59. The van der Waals surface area contributed by atoms with E-state index < -0.39 is 6.10 Å². The molecule has 1 fully saturated rings. The summed E-state index contributed by atoms with van der Waals surface area (Å²) in [6.07, 6.45) is 16.0. The van der Waals surface area contributed by atoms with E-state index in [1.54, 1.807) is 11.8 Å². The van der Waals surface area contributed by atoms with Gasteiger partial charge in [-0.3, -0.25) is 4.79 Å². The van der Waals surface area contributed by atoms with E-state index in [0.29, 0.717) is 36.5 Å². The molecule has 3 rings (SSSR count). The van der Waals surface area contributed by atoms with Crippen LogP contribution >= 0.6 is 23.4 Å². The van der Waals surface area contributed by atoms with Crippen molar-refractivity contribution in [2.24, 2.45) is 0 Å². The fraction of sp³-hybridized carbons (Fsp3) is 0.367. The van der Waals surface area contributed by atoms with E-state index in [-0.39, 0.29) is 18.3 Å². The Bertz CT molecular complexity index is 1050. The summed E-state index contributed by atoms with van der Waals surface area (Å²) >= 11 is 8.22. The minimum atomic E-state index is -0.410. The molecule has 192 valence electrons. The second kappa shape index (κ2) is 14.6. The quantitative estimate of drug-likeness (QED) is 0.192. The molecule has 0 saturated carbocycles. The maximum absolute atomic E-state index is 10.8. The van der Waals surface area contributed by atoms with Gasteiger partial charge in [0.25, 0.3) is 0 Å².